The van der Waals surface area contributed by atoms with Crippen molar-refractivity contribution in [3.8, 4) is 0 Å². The molecule has 0 aliphatic heterocycles. The van der Waals surface area contributed by atoms with Gasteiger partial charge in [0.15, 0.2) is 0 Å². The molecule has 0 atom stereocenters. The van der Waals surface area contributed by atoms with E-state index in [1.165, 1.54) is 19.2 Å². The Morgan fingerprint density at radius 1 is 1.19 bits per heavy atom. The Labute approximate surface area is 123 Å². The van der Waals surface area contributed by atoms with Crippen molar-refractivity contribution in [3.63, 3.8) is 0 Å². The van der Waals surface area contributed by atoms with Crippen molar-refractivity contribution >= 4 is 21.9 Å². The molecule has 0 aromatic heterocycles. The summed E-state index contributed by atoms with van der Waals surface area (Å²) in [5.74, 6) is -0.662. The molecule has 1 aromatic carbocycles. The average Bonchev–Trinajstić information content (AvgIpc) is 2.44. The number of rotatable bonds is 7. The number of ether oxygens (including phenoxy) is 1. The summed E-state index contributed by atoms with van der Waals surface area (Å²) in [5.41, 5.74) is 0.871. The predicted molar refractivity (Wildman–Crippen MR) is 75.8 cm³/mol. The Balaban J connectivity index is 2.36. The Bertz CT molecular complexity index is 595. The summed E-state index contributed by atoms with van der Waals surface area (Å²) in [5, 5.41) is 7.66. The molecule has 1 rings (SSSR count). The lowest BCUT2D eigenvalue weighted by atomic mass is 10.1. The van der Waals surface area contributed by atoms with Gasteiger partial charge in [0.1, 0.15) is 0 Å². The standard InChI is InChI=1S/C13H18N2O5S/c1-20-13(17)7-6-12(16)15-9-8-10-2-4-11(5-3-10)21(14,18)19/h2-5H,6-9H2,1H3,(H,15,16)(H2,14,18,19). The summed E-state index contributed by atoms with van der Waals surface area (Å²) in [6.07, 6.45) is 0.678. The van der Waals surface area contributed by atoms with Crippen LogP contribution in [0, 0.1) is 0 Å². The molecule has 0 heterocycles. The minimum atomic E-state index is -3.69. The van der Waals surface area contributed by atoms with Crippen molar-refractivity contribution in [2.24, 2.45) is 5.14 Å². The van der Waals surface area contributed by atoms with E-state index < -0.39 is 16.0 Å². The molecule has 1 aromatic rings. The van der Waals surface area contributed by atoms with E-state index in [1.807, 2.05) is 0 Å². The minimum Gasteiger partial charge on any atom is -0.469 e. The first-order chi connectivity index (χ1) is 9.82. The van der Waals surface area contributed by atoms with Gasteiger partial charge in [-0.15, -0.1) is 0 Å². The number of esters is 1. The highest BCUT2D eigenvalue weighted by molar-refractivity contribution is 7.89. The van der Waals surface area contributed by atoms with E-state index in [1.54, 1.807) is 12.1 Å². The molecular formula is C13H18N2O5S. The smallest absolute Gasteiger partial charge is 0.306 e. The highest BCUT2D eigenvalue weighted by Crippen LogP contribution is 2.08. The van der Waals surface area contributed by atoms with E-state index in [0.29, 0.717) is 13.0 Å². The highest BCUT2D eigenvalue weighted by atomic mass is 32.2. The van der Waals surface area contributed by atoms with E-state index in [0.717, 1.165) is 5.56 Å². The fourth-order valence-electron chi connectivity index (χ4n) is 1.60. The quantitative estimate of drug-likeness (QED) is 0.684. The van der Waals surface area contributed by atoms with Crippen molar-refractivity contribution in [1.82, 2.24) is 5.32 Å². The number of hydrogen-bond acceptors (Lipinski definition) is 5. The van der Waals surface area contributed by atoms with Crippen molar-refractivity contribution in [2.45, 2.75) is 24.2 Å². The Hall–Kier alpha value is -1.93. The average molecular weight is 314 g/mol. The number of methoxy groups -OCH3 is 1. The lowest BCUT2D eigenvalue weighted by molar-refractivity contribution is -0.142. The van der Waals surface area contributed by atoms with Gasteiger partial charge in [-0.1, -0.05) is 12.1 Å². The van der Waals surface area contributed by atoms with Crippen LogP contribution in [0.2, 0.25) is 0 Å². The van der Waals surface area contributed by atoms with Gasteiger partial charge >= 0.3 is 5.97 Å². The zero-order chi connectivity index (χ0) is 15.9. The fourth-order valence-corrected chi connectivity index (χ4v) is 2.11. The molecule has 0 radical (unpaired) electrons. The maximum absolute atomic E-state index is 11.4. The first-order valence-corrected chi connectivity index (χ1v) is 7.83. The van der Waals surface area contributed by atoms with Crippen LogP contribution in [0.4, 0.5) is 0 Å². The first-order valence-electron chi connectivity index (χ1n) is 6.28. The van der Waals surface area contributed by atoms with Gasteiger partial charge in [-0.05, 0) is 24.1 Å². The zero-order valence-electron chi connectivity index (χ0n) is 11.7. The predicted octanol–water partition coefficient (Wildman–Crippen LogP) is -0.0541. The number of hydrogen-bond donors (Lipinski definition) is 2. The van der Waals surface area contributed by atoms with Crippen molar-refractivity contribution < 1.29 is 22.7 Å². The van der Waals surface area contributed by atoms with E-state index in [4.69, 9.17) is 5.14 Å². The van der Waals surface area contributed by atoms with Crippen LogP contribution in [-0.4, -0.2) is 33.9 Å². The molecule has 0 fully saturated rings. The SMILES string of the molecule is COC(=O)CCC(=O)NCCc1ccc(S(N)(=O)=O)cc1. The second kappa shape index (κ2) is 7.75. The molecule has 1 amide bonds. The summed E-state index contributed by atoms with van der Waals surface area (Å²) in [7, 11) is -2.42. The van der Waals surface area contributed by atoms with Crippen LogP contribution in [0.3, 0.4) is 0 Å². The Morgan fingerprint density at radius 3 is 2.33 bits per heavy atom. The van der Waals surface area contributed by atoms with Gasteiger partial charge in [-0.25, -0.2) is 13.6 Å². The van der Waals surface area contributed by atoms with E-state index >= 15 is 0 Å². The lowest BCUT2D eigenvalue weighted by Crippen LogP contribution is -2.26. The molecule has 0 aliphatic rings. The molecule has 0 saturated heterocycles. The second-order valence-electron chi connectivity index (χ2n) is 4.37. The van der Waals surface area contributed by atoms with Gasteiger partial charge in [0.05, 0.1) is 18.4 Å². The lowest BCUT2D eigenvalue weighted by Gasteiger charge is -2.05. The molecule has 21 heavy (non-hydrogen) atoms. The monoisotopic (exact) mass is 314 g/mol. The van der Waals surface area contributed by atoms with Crippen LogP contribution in [0.15, 0.2) is 29.2 Å². The third-order valence-electron chi connectivity index (χ3n) is 2.77. The zero-order valence-corrected chi connectivity index (χ0v) is 12.5. The molecule has 0 bridgehead atoms. The summed E-state index contributed by atoms with van der Waals surface area (Å²) >= 11 is 0. The summed E-state index contributed by atoms with van der Waals surface area (Å²) in [6, 6.07) is 6.12. The van der Waals surface area contributed by atoms with E-state index in [9.17, 15) is 18.0 Å². The molecule has 8 heteroatoms. The van der Waals surface area contributed by atoms with Crippen molar-refractivity contribution in [3.05, 3.63) is 29.8 Å². The Kier molecular flexibility index (Phi) is 6.32. The fraction of sp³-hybridized carbons (Fsp3) is 0.385. The van der Waals surface area contributed by atoms with Crippen LogP contribution < -0.4 is 10.5 Å². The molecule has 116 valence electrons. The Morgan fingerprint density at radius 2 is 1.81 bits per heavy atom. The van der Waals surface area contributed by atoms with Gasteiger partial charge < -0.3 is 10.1 Å². The second-order valence-corrected chi connectivity index (χ2v) is 5.93. The summed E-state index contributed by atoms with van der Waals surface area (Å²) in [4.78, 5) is 22.3. The molecular weight excluding hydrogens is 296 g/mol. The molecule has 0 spiro atoms. The van der Waals surface area contributed by atoms with Gasteiger partial charge in [0.25, 0.3) is 0 Å². The number of carbonyl (C=O) groups excluding carboxylic acids is 2. The third kappa shape index (κ3) is 6.37. The molecule has 3 N–H and O–H groups in total. The van der Waals surface area contributed by atoms with Crippen LogP contribution in [-0.2, 0) is 30.8 Å². The largest absolute Gasteiger partial charge is 0.469 e. The maximum atomic E-state index is 11.4. The number of amides is 1. The molecule has 0 aliphatic carbocycles. The number of nitrogens with two attached hydrogens (primary N) is 1. The van der Waals surface area contributed by atoms with Gasteiger partial charge in [0.2, 0.25) is 15.9 Å². The van der Waals surface area contributed by atoms with Crippen LogP contribution in [0.5, 0.6) is 0 Å². The number of primary sulfonamides is 1. The third-order valence-corrected chi connectivity index (χ3v) is 3.70. The van der Waals surface area contributed by atoms with Crippen molar-refractivity contribution in [1.29, 1.82) is 0 Å². The van der Waals surface area contributed by atoms with Gasteiger partial charge in [-0.2, -0.15) is 0 Å². The van der Waals surface area contributed by atoms with Crippen LogP contribution >= 0.6 is 0 Å². The molecule has 0 saturated carbocycles. The number of nitrogens with one attached hydrogen (secondary N) is 1. The number of carbonyl (C=O) groups is 2. The highest BCUT2D eigenvalue weighted by Gasteiger charge is 2.08. The summed E-state index contributed by atoms with van der Waals surface area (Å²) < 4.78 is 26.6. The summed E-state index contributed by atoms with van der Waals surface area (Å²) in [6.45, 7) is 0.398. The van der Waals surface area contributed by atoms with Crippen LogP contribution in [0.25, 0.3) is 0 Å². The normalized spacial score (nSPS) is 11.0. The number of sulfonamides is 1. The van der Waals surface area contributed by atoms with Gasteiger partial charge in [-0.3, -0.25) is 9.59 Å². The van der Waals surface area contributed by atoms with Crippen molar-refractivity contribution in [2.75, 3.05) is 13.7 Å². The molecule has 0 unspecified atom stereocenters. The minimum absolute atomic E-state index is 0.0470. The first kappa shape index (κ1) is 17.1. The van der Waals surface area contributed by atoms with E-state index in [-0.39, 0.29) is 23.6 Å². The van der Waals surface area contributed by atoms with Crippen LogP contribution in [0.1, 0.15) is 18.4 Å². The van der Waals surface area contributed by atoms with Gasteiger partial charge in [0, 0.05) is 13.0 Å². The topological polar surface area (TPSA) is 116 Å². The maximum Gasteiger partial charge on any atom is 0.306 e. The molecule has 7 nitrogen and oxygen atoms in total. The number of benzene rings is 1. The van der Waals surface area contributed by atoms with E-state index in [2.05, 4.69) is 10.1 Å².